The monoisotopic (exact) mass is 268 g/mol. The van der Waals surface area contributed by atoms with Crippen LogP contribution in [0.3, 0.4) is 0 Å². The lowest BCUT2D eigenvalue weighted by Crippen LogP contribution is -2.14. The number of benzene rings is 1. The van der Waals surface area contributed by atoms with Crippen LogP contribution in [0.4, 0.5) is 0 Å². The number of rotatable bonds is 4. The van der Waals surface area contributed by atoms with E-state index in [9.17, 15) is 0 Å². The first-order valence-corrected chi connectivity index (χ1v) is 6.64. The van der Waals surface area contributed by atoms with Gasteiger partial charge in [-0.15, -0.1) is 0 Å². The number of hydrogen-bond acceptors (Lipinski definition) is 4. The van der Waals surface area contributed by atoms with Crippen molar-refractivity contribution in [1.82, 2.24) is 0 Å². The summed E-state index contributed by atoms with van der Waals surface area (Å²) in [6.45, 7) is 6.54. The largest absolute Gasteiger partial charge is 0.496 e. The van der Waals surface area contributed by atoms with Crippen LogP contribution in [0.1, 0.15) is 31.9 Å². The Hall–Kier alpha value is -1.36. The topological polar surface area (TPSA) is 67.8 Å². The zero-order valence-corrected chi connectivity index (χ0v) is 12.0. The second kappa shape index (κ2) is 6.00. The summed E-state index contributed by atoms with van der Waals surface area (Å²) < 4.78 is 5.48. The third-order valence-corrected chi connectivity index (χ3v) is 3.67. The molecule has 0 saturated heterocycles. The molecular formula is C13H20N2O2S. The second-order valence-electron chi connectivity index (χ2n) is 4.92. The number of methoxy groups -OCH3 is 1. The predicted molar refractivity (Wildman–Crippen MR) is 76.6 cm³/mol. The van der Waals surface area contributed by atoms with Gasteiger partial charge >= 0.3 is 0 Å². The van der Waals surface area contributed by atoms with E-state index >= 15 is 0 Å². The highest BCUT2D eigenvalue weighted by Gasteiger charge is 2.13. The molecule has 0 saturated carbocycles. The van der Waals surface area contributed by atoms with E-state index in [-0.39, 0.29) is 10.6 Å². The lowest BCUT2D eigenvalue weighted by atomic mass is 10.1. The Morgan fingerprint density at radius 3 is 2.61 bits per heavy atom. The summed E-state index contributed by atoms with van der Waals surface area (Å²) in [6.07, 6.45) is 0. The molecule has 3 N–H and O–H groups in total. The molecule has 0 heterocycles. The molecule has 0 fully saturated rings. The molecule has 0 bridgehead atoms. The maximum absolute atomic E-state index is 8.69. The van der Waals surface area contributed by atoms with E-state index in [1.165, 1.54) is 0 Å². The molecule has 100 valence electrons. The predicted octanol–water partition coefficient (Wildman–Crippen LogP) is 2.82. The molecule has 18 heavy (non-hydrogen) atoms. The van der Waals surface area contributed by atoms with Gasteiger partial charge in [0.2, 0.25) is 0 Å². The van der Waals surface area contributed by atoms with Crippen molar-refractivity contribution in [3.8, 4) is 5.75 Å². The number of thioether (sulfide) groups is 1. The summed E-state index contributed by atoms with van der Waals surface area (Å²) in [7, 11) is 1.57. The Morgan fingerprint density at radius 1 is 1.44 bits per heavy atom. The van der Waals surface area contributed by atoms with Crippen LogP contribution in [-0.2, 0) is 5.75 Å². The molecule has 5 heteroatoms. The summed E-state index contributed by atoms with van der Waals surface area (Å²) >= 11 is 1.86. The van der Waals surface area contributed by atoms with Gasteiger partial charge in [-0.3, -0.25) is 0 Å². The molecule has 0 aliphatic heterocycles. The SMILES string of the molecule is COc1cc(CSC(C)(C)C)ccc1/C(N)=N/O. The van der Waals surface area contributed by atoms with E-state index in [0.29, 0.717) is 11.3 Å². The lowest BCUT2D eigenvalue weighted by Gasteiger charge is -2.18. The van der Waals surface area contributed by atoms with Crippen molar-refractivity contribution >= 4 is 17.6 Å². The highest BCUT2D eigenvalue weighted by Crippen LogP contribution is 2.29. The molecule has 0 aromatic heterocycles. The van der Waals surface area contributed by atoms with Crippen molar-refractivity contribution in [2.45, 2.75) is 31.3 Å². The third kappa shape index (κ3) is 4.14. The van der Waals surface area contributed by atoms with Crippen LogP contribution >= 0.6 is 11.8 Å². The van der Waals surface area contributed by atoms with E-state index in [1.807, 2.05) is 30.0 Å². The van der Waals surface area contributed by atoms with Gasteiger partial charge in [0.15, 0.2) is 5.84 Å². The zero-order chi connectivity index (χ0) is 13.8. The Labute approximate surface area is 112 Å². The van der Waals surface area contributed by atoms with Crippen LogP contribution < -0.4 is 10.5 Å². The summed E-state index contributed by atoms with van der Waals surface area (Å²) in [5.74, 6) is 1.58. The van der Waals surface area contributed by atoms with Gasteiger partial charge in [-0.2, -0.15) is 11.8 Å². The quantitative estimate of drug-likeness (QED) is 0.381. The number of ether oxygens (including phenoxy) is 1. The fourth-order valence-corrected chi connectivity index (χ4v) is 2.17. The standard InChI is InChI=1S/C13H20N2O2S/c1-13(2,3)18-8-9-5-6-10(12(14)15-16)11(7-9)17-4/h5-7,16H,8H2,1-4H3,(H2,14,15). The Morgan fingerprint density at radius 2 is 2.11 bits per heavy atom. The minimum Gasteiger partial charge on any atom is -0.496 e. The first kappa shape index (κ1) is 14.7. The maximum atomic E-state index is 8.69. The van der Waals surface area contributed by atoms with Gasteiger partial charge in [0, 0.05) is 10.5 Å². The summed E-state index contributed by atoms with van der Waals surface area (Å²) in [4.78, 5) is 0. The van der Waals surface area contributed by atoms with Gasteiger partial charge in [0.05, 0.1) is 12.7 Å². The molecule has 0 radical (unpaired) electrons. The number of hydrogen-bond donors (Lipinski definition) is 2. The van der Waals surface area contributed by atoms with Crippen molar-refractivity contribution < 1.29 is 9.94 Å². The Kier molecular flexibility index (Phi) is 4.90. The number of oxime groups is 1. The van der Waals surface area contributed by atoms with Crippen molar-refractivity contribution in [1.29, 1.82) is 0 Å². The van der Waals surface area contributed by atoms with Crippen LogP contribution in [0, 0.1) is 0 Å². The smallest absolute Gasteiger partial charge is 0.173 e. The summed E-state index contributed by atoms with van der Waals surface area (Å²) in [6, 6.07) is 5.70. The fraction of sp³-hybridized carbons (Fsp3) is 0.462. The fourth-order valence-electron chi connectivity index (χ4n) is 1.39. The zero-order valence-electron chi connectivity index (χ0n) is 11.2. The molecular weight excluding hydrogens is 248 g/mol. The maximum Gasteiger partial charge on any atom is 0.173 e. The van der Waals surface area contributed by atoms with Gasteiger partial charge in [0.1, 0.15) is 5.75 Å². The van der Waals surface area contributed by atoms with Crippen LogP contribution in [0.15, 0.2) is 23.4 Å². The van der Waals surface area contributed by atoms with Crippen LogP contribution in [0.2, 0.25) is 0 Å². The van der Waals surface area contributed by atoms with Crippen molar-refractivity contribution in [3.05, 3.63) is 29.3 Å². The lowest BCUT2D eigenvalue weighted by molar-refractivity contribution is 0.318. The number of nitrogens with two attached hydrogens (primary N) is 1. The van der Waals surface area contributed by atoms with Crippen molar-refractivity contribution in [2.24, 2.45) is 10.9 Å². The van der Waals surface area contributed by atoms with E-state index in [0.717, 1.165) is 11.3 Å². The Balaban J connectivity index is 2.92. The van der Waals surface area contributed by atoms with E-state index < -0.39 is 0 Å². The molecule has 0 unspecified atom stereocenters. The normalized spacial score (nSPS) is 12.6. The van der Waals surface area contributed by atoms with Crippen molar-refractivity contribution in [3.63, 3.8) is 0 Å². The van der Waals surface area contributed by atoms with E-state index in [1.54, 1.807) is 7.11 Å². The Bertz CT molecular complexity index is 439. The van der Waals surface area contributed by atoms with Gasteiger partial charge in [-0.1, -0.05) is 32.0 Å². The third-order valence-electron chi connectivity index (χ3n) is 2.32. The van der Waals surface area contributed by atoms with Gasteiger partial charge in [-0.05, 0) is 17.7 Å². The van der Waals surface area contributed by atoms with Gasteiger partial charge in [0.25, 0.3) is 0 Å². The van der Waals surface area contributed by atoms with Gasteiger partial charge in [-0.25, -0.2) is 0 Å². The van der Waals surface area contributed by atoms with Gasteiger partial charge < -0.3 is 15.7 Å². The molecule has 0 amide bonds. The van der Waals surface area contributed by atoms with Crippen LogP contribution in [0.5, 0.6) is 5.75 Å². The minimum absolute atomic E-state index is 0.0573. The first-order valence-electron chi connectivity index (χ1n) is 5.66. The van der Waals surface area contributed by atoms with Crippen LogP contribution in [0.25, 0.3) is 0 Å². The minimum atomic E-state index is 0.0573. The number of nitrogens with zero attached hydrogens (tertiary/aromatic N) is 1. The molecule has 4 nitrogen and oxygen atoms in total. The summed E-state index contributed by atoms with van der Waals surface area (Å²) in [5.41, 5.74) is 7.33. The first-order chi connectivity index (χ1) is 8.37. The highest BCUT2D eigenvalue weighted by atomic mass is 32.2. The average molecular weight is 268 g/mol. The summed E-state index contributed by atoms with van der Waals surface area (Å²) in [5, 5.41) is 11.7. The van der Waals surface area contributed by atoms with E-state index in [4.69, 9.17) is 15.7 Å². The molecule has 0 atom stereocenters. The molecule has 1 rings (SSSR count). The second-order valence-corrected chi connectivity index (χ2v) is 6.72. The van der Waals surface area contributed by atoms with Crippen molar-refractivity contribution in [2.75, 3.05) is 7.11 Å². The number of amidine groups is 1. The van der Waals surface area contributed by atoms with E-state index in [2.05, 4.69) is 25.9 Å². The molecule has 0 aliphatic carbocycles. The highest BCUT2D eigenvalue weighted by molar-refractivity contribution is 7.99. The van der Waals surface area contributed by atoms with Crippen LogP contribution in [-0.4, -0.2) is 22.9 Å². The molecule has 1 aromatic rings. The molecule has 1 aromatic carbocycles. The molecule has 0 spiro atoms. The average Bonchev–Trinajstić information content (AvgIpc) is 2.34. The molecule has 0 aliphatic rings.